The SMILES string of the molecule is CC(C)(C)OC[C@H]1OC[C@@H](N)[C@H](O)C1OC(C)(C)C. The summed E-state index contributed by atoms with van der Waals surface area (Å²) < 4.78 is 17.3. The zero-order valence-electron chi connectivity index (χ0n) is 13.0. The third kappa shape index (κ3) is 5.75. The molecule has 1 unspecified atom stereocenters. The van der Waals surface area contributed by atoms with Crippen molar-refractivity contribution in [1.29, 1.82) is 0 Å². The Morgan fingerprint density at radius 2 is 1.74 bits per heavy atom. The highest BCUT2D eigenvalue weighted by atomic mass is 16.6. The van der Waals surface area contributed by atoms with Crippen LogP contribution in [0.4, 0.5) is 0 Å². The van der Waals surface area contributed by atoms with Gasteiger partial charge < -0.3 is 25.1 Å². The lowest BCUT2D eigenvalue weighted by atomic mass is 9.97. The van der Waals surface area contributed by atoms with Gasteiger partial charge in [0.1, 0.15) is 18.3 Å². The summed E-state index contributed by atoms with van der Waals surface area (Å²) in [7, 11) is 0. The monoisotopic (exact) mass is 275 g/mol. The van der Waals surface area contributed by atoms with Crippen LogP contribution in [-0.2, 0) is 14.2 Å². The van der Waals surface area contributed by atoms with Crippen LogP contribution < -0.4 is 5.73 Å². The maximum Gasteiger partial charge on any atom is 0.114 e. The fourth-order valence-corrected chi connectivity index (χ4v) is 1.92. The van der Waals surface area contributed by atoms with Crippen LogP contribution in [-0.4, -0.2) is 53.9 Å². The molecule has 0 spiro atoms. The first-order valence-electron chi connectivity index (χ1n) is 6.87. The number of hydrogen-bond acceptors (Lipinski definition) is 5. The summed E-state index contributed by atoms with van der Waals surface area (Å²) in [6, 6.07) is -0.418. The number of rotatable bonds is 3. The molecule has 0 bridgehead atoms. The Kier molecular flexibility index (Phi) is 5.37. The Balaban J connectivity index is 2.70. The van der Waals surface area contributed by atoms with Crippen molar-refractivity contribution in [3.8, 4) is 0 Å². The maximum absolute atomic E-state index is 10.2. The zero-order chi connectivity index (χ0) is 14.8. The van der Waals surface area contributed by atoms with Gasteiger partial charge in [-0.05, 0) is 41.5 Å². The largest absolute Gasteiger partial charge is 0.389 e. The molecule has 1 fully saturated rings. The third-order valence-electron chi connectivity index (χ3n) is 2.81. The quantitative estimate of drug-likeness (QED) is 0.806. The smallest absolute Gasteiger partial charge is 0.114 e. The Bertz CT molecular complexity index is 282. The Morgan fingerprint density at radius 3 is 2.21 bits per heavy atom. The molecular weight excluding hydrogens is 246 g/mol. The molecule has 5 nitrogen and oxygen atoms in total. The van der Waals surface area contributed by atoms with Crippen LogP contribution in [0.15, 0.2) is 0 Å². The van der Waals surface area contributed by atoms with Crippen molar-refractivity contribution >= 4 is 0 Å². The summed E-state index contributed by atoms with van der Waals surface area (Å²) in [5, 5.41) is 10.2. The second-order valence-corrected chi connectivity index (χ2v) is 7.14. The van der Waals surface area contributed by atoms with Crippen LogP contribution in [0.2, 0.25) is 0 Å². The molecule has 0 saturated carbocycles. The van der Waals surface area contributed by atoms with E-state index < -0.39 is 18.2 Å². The van der Waals surface area contributed by atoms with Crippen molar-refractivity contribution in [2.45, 2.75) is 77.1 Å². The summed E-state index contributed by atoms with van der Waals surface area (Å²) in [5.41, 5.74) is 5.22. The Morgan fingerprint density at radius 1 is 1.16 bits per heavy atom. The number of ether oxygens (including phenoxy) is 3. The molecule has 0 aromatic carbocycles. The van der Waals surface area contributed by atoms with Crippen molar-refractivity contribution in [3.05, 3.63) is 0 Å². The van der Waals surface area contributed by atoms with Gasteiger partial charge in [0.15, 0.2) is 0 Å². The van der Waals surface area contributed by atoms with Crippen LogP contribution in [0.5, 0.6) is 0 Å². The lowest BCUT2D eigenvalue weighted by Gasteiger charge is -2.42. The van der Waals surface area contributed by atoms with Gasteiger partial charge in [-0.3, -0.25) is 0 Å². The fourth-order valence-electron chi connectivity index (χ4n) is 1.92. The van der Waals surface area contributed by atoms with Gasteiger partial charge in [-0.1, -0.05) is 0 Å². The normalized spacial score (nSPS) is 33.5. The molecule has 0 aromatic heterocycles. The molecule has 1 saturated heterocycles. The summed E-state index contributed by atoms with van der Waals surface area (Å²) in [6.07, 6.45) is -1.50. The van der Waals surface area contributed by atoms with Gasteiger partial charge in [-0.2, -0.15) is 0 Å². The van der Waals surface area contributed by atoms with E-state index in [9.17, 15) is 5.11 Å². The molecule has 0 aliphatic carbocycles. The zero-order valence-corrected chi connectivity index (χ0v) is 13.0. The van der Waals surface area contributed by atoms with Gasteiger partial charge in [0.05, 0.1) is 30.5 Å². The lowest BCUT2D eigenvalue weighted by molar-refractivity contribution is -0.220. The summed E-state index contributed by atoms with van der Waals surface area (Å²) in [6.45, 7) is 12.5. The van der Waals surface area contributed by atoms with Gasteiger partial charge in [0.2, 0.25) is 0 Å². The number of hydrogen-bond donors (Lipinski definition) is 2. The van der Waals surface area contributed by atoms with E-state index in [4.69, 9.17) is 19.9 Å². The molecule has 1 heterocycles. The maximum atomic E-state index is 10.2. The molecule has 3 N–H and O–H groups in total. The molecule has 1 rings (SSSR count). The van der Waals surface area contributed by atoms with E-state index in [1.165, 1.54) is 0 Å². The van der Waals surface area contributed by atoms with E-state index in [1.807, 2.05) is 41.5 Å². The number of nitrogens with two attached hydrogens (primary N) is 1. The second-order valence-electron chi connectivity index (χ2n) is 7.14. The van der Waals surface area contributed by atoms with Gasteiger partial charge in [-0.25, -0.2) is 0 Å². The van der Waals surface area contributed by atoms with E-state index in [0.29, 0.717) is 13.2 Å². The summed E-state index contributed by atoms with van der Waals surface area (Å²) >= 11 is 0. The summed E-state index contributed by atoms with van der Waals surface area (Å²) in [5.74, 6) is 0. The average molecular weight is 275 g/mol. The predicted molar refractivity (Wildman–Crippen MR) is 74.1 cm³/mol. The van der Waals surface area contributed by atoms with Crippen LogP contribution >= 0.6 is 0 Å². The van der Waals surface area contributed by atoms with Gasteiger partial charge in [-0.15, -0.1) is 0 Å². The van der Waals surface area contributed by atoms with Crippen LogP contribution in [0, 0.1) is 0 Å². The molecule has 0 amide bonds. The van der Waals surface area contributed by atoms with E-state index in [2.05, 4.69) is 0 Å². The van der Waals surface area contributed by atoms with E-state index in [0.717, 1.165) is 0 Å². The minimum Gasteiger partial charge on any atom is -0.389 e. The minimum absolute atomic E-state index is 0.250. The molecule has 1 aliphatic heterocycles. The van der Waals surface area contributed by atoms with Crippen LogP contribution in [0.25, 0.3) is 0 Å². The van der Waals surface area contributed by atoms with Crippen molar-refractivity contribution in [1.82, 2.24) is 0 Å². The first-order valence-corrected chi connectivity index (χ1v) is 6.87. The molecule has 114 valence electrons. The number of aliphatic hydroxyl groups excluding tert-OH is 1. The molecule has 4 atom stereocenters. The van der Waals surface area contributed by atoms with Crippen LogP contribution in [0.1, 0.15) is 41.5 Å². The van der Waals surface area contributed by atoms with Crippen molar-refractivity contribution in [2.24, 2.45) is 5.73 Å². The molecule has 5 heteroatoms. The lowest BCUT2D eigenvalue weighted by Crippen LogP contribution is -2.60. The third-order valence-corrected chi connectivity index (χ3v) is 2.81. The Labute approximate surface area is 116 Å². The van der Waals surface area contributed by atoms with Crippen molar-refractivity contribution < 1.29 is 19.3 Å². The second kappa shape index (κ2) is 6.06. The fraction of sp³-hybridized carbons (Fsp3) is 1.00. The average Bonchev–Trinajstić information content (AvgIpc) is 2.21. The van der Waals surface area contributed by atoms with Gasteiger partial charge in [0, 0.05) is 0 Å². The highest BCUT2D eigenvalue weighted by Gasteiger charge is 2.41. The van der Waals surface area contributed by atoms with Crippen LogP contribution in [0.3, 0.4) is 0 Å². The molecule has 19 heavy (non-hydrogen) atoms. The molecule has 0 radical (unpaired) electrons. The first-order chi connectivity index (χ1) is 8.49. The Hall–Kier alpha value is -0.200. The van der Waals surface area contributed by atoms with Crippen molar-refractivity contribution in [2.75, 3.05) is 13.2 Å². The van der Waals surface area contributed by atoms with Gasteiger partial charge >= 0.3 is 0 Å². The predicted octanol–water partition coefficient (Wildman–Crippen LogP) is 1.07. The topological polar surface area (TPSA) is 73.9 Å². The highest BCUT2D eigenvalue weighted by molar-refractivity contribution is 4.91. The van der Waals surface area contributed by atoms with E-state index in [1.54, 1.807) is 0 Å². The highest BCUT2D eigenvalue weighted by Crippen LogP contribution is 2.24. The number of aliphatic hydroxyl groups is 1. The van der Waals surface area contributed by atoms with E-state index >= 15 is 0 Å². The van der Waals surface area contributed by atoms with Gasteiger partial charge in [0.25, 0.3) is 0 Å². The molecular formula is C14H29NO4. The minimum atomic E-state index is -0.735. The summed E-state index contributed by atoms with van der Waals surface area (Å²) in [4.78, 5) is 0. The van der Waals surface area contributed by atoms with E-state index in [-0.39, 0.29) is 17.3 Å². The molecule has 0 aromatic rings. The van der Waals surface area contributed by atoms with Crippen molar-refractivity contribution in [3.63, 3.8) is 0 Å². The first kappa shape index (κ1) is 16.9. The molecule has 1 aliphatic rings. The standard InChI is InChI=1S/C14H29NO4/c1-13(2,3)18-8-10-12(19-14(4,5)6)11(16)9(15)7-17-10/h9-12,16H,7-8,15H2,1-6H3/t9-,10-,11+,12?/m1/s1.